The summed E-state index contributed by atoms with van der Waals surface area (Å²) in [6, 6.07) is 6.96. The maximum atomic E-state index is 10.8. The predicted octanol–water partition coefficient (Wildman–Crippen LogP) is 1.55. The van der Waals surface area contributed by atoms with Crippen LogP contribution in [0, 0.1) is 0 Å². The molecule has 0 radical (unpaired) electrons. The van der Waals surface area contributed by atoms with Gasteiger partial charge < -0.3 is 20.2 Å². The number of aromatic amines is 1. The van der Waals surface area contributed by atoms with Crippen LogP contribution in [0.5, 0.6) is 0 Å². The van der Waals surface area contributed by atoms with Crippen molar-refractivity contribution < 1.29 is 14.7 Å². The summed E-state index contributed by atoms with van der Waals surface area (Å²) in [4.78, 5) is 24.3. The molecule has 1 amide bonds. The summed E-state index contributed by atoms with van der Waals surface area (Å²) in [6.07, 6.45) is 1.56. The van der Waals surface area contributed by atoms with Gasteiger partial charge in [-0.05, 0) is 11.6 Å². The van der Waals surface area contributed by atoms with E-state index in [9.17, 15) is 9.59 Å². The second-order valence-corrected chi connectivity index (χ2v) is 3.76. The van der Waals surface area contributed by atoms with Crippen molar-refractivity contribution in [1.29, 1.82) is 0 Å². The number of para-hydroxylation sites is 1. The van der Waals surface area contributed by atoms with Gasteiger partial charge in [-0.3, -0.25) is 0 Å². The van der Waals surface area contributed by atoms with Crippen LogP contribution in [0.25, 0.3) is 10.9 Å². The minimum Gasteiger partial charge on any atom is -0.465 e. The summed E-state index contributed by atoms with van der Waals surface area (Å²) < 4.78 is 0. The number of H-pyrrole nitrogens is 1. The van der Waals surface area contributed by atoms with Gasteiger partial charge in [-0.2, -0.15) is 0 Å². The number of hydrogen-bond donors (Lipinski definition) is 3. The lowest BCUT2D eigenvalue weighted by molar-refractivity contribution is -0.109. The minimum atomic E-state index is -1.19. The first kappa shape index (κ1) is 11.2. The van der Waals surface area contributed by atoms with Gasteiger partial charge in [-0.15, -0.1) is 0 Å². The Morgan fingerprint density at radius 1 is 1.47 bits per heavy atom. The fourth-order valence-electron chi connectivity index (χ4n) is 1.83. The molecule has 1 aromatic carbocycles. The van der Waals surface area contributed by atoms with Crippen molar-refractivity contribution >= 4 is 23.3 Å². The van der Waals surface area contributed by atoms with Crippen molar-refractivity contribution in [3.8, 4) is 0 Å². The molecule has 1 atom stereocenters. The van der Waals surface area contributed by atoms with Crippen LogP contribution in [0.3, 0.4) is 0 Å². The average molecular weight is 232 g/mol. The van der Waals surface area contributed by atoms with Crippen LogP contribution in [-0.4, -0.2) is 28.5 Å². The van der Waals surface area contributed by atoms with E-state index in [1.807, 2.05) is 24.3 Å². The minimum absolute atomic E-state index is 0.347. The van der Waals surface area contributed by atoms with Gasteiger partial charge in [0, 0.05) is 23.5 Å². The lowest BCUT2D eigenvalue weighted by atomic mass is 10.1. The normalized spacial score (nSPS) is 12.2. The van der Waals surface area contributed by atoms with Crippen LogP contribution in [-0.2, 0) is 11.2 Å². The van der Waals surface area contributed by atoms with Gasteiger partial charge in [-0.1, -0.05) is 18.2 Å². The highest BCUT2D eigenvalue weighted by atomic mass is 16.4. The number of rotatable bonds is 4. The third-order valence-electron chi connectivity index (χ3n) is 2.59. The monoisotopic (exact) mass is 232 g/mol. The van der Waals surface area contributed by atoms with Gasteiger partial charge in [0.1, 0.15) is 6.29 Å². The smallest absolute Gasteiger partial charge is 0.405 e. The molecule has 0 aliphatic carbocycles. The van der Waals surface area contributed by atoms with Crippen LogP contribution in [0.2, 0.25) is 0 Å². The molecule has 0 aliphatic rings. The maximum Gasteiger partial charge on any atom is 0.405 e. The van der Waals surface area contributed by atoms with E-state index in [0.29, 0.717) is 12.7 Å². The molecule has 0 fully saturated rings. The number of amides is 1. The molecule has 0 aliphatic heterocycles. The number of carbonyl (C=O) groups is 2. The quantitative estimate of drug-likeness (QED) is 0.699. The lowest BCUT2D eigenvalue weighted by Gasteiger charge is -2.08. The average Bonchev–Trinajstić information content (AvgIpc) is 2.71. The molecular formula is C12H12N2O3. The summed E-state index contributed by atoms with van der Waals surface area (Å²) in [5.41, 5.74) is 1.90. The molecule has 0 bridgehead atoms. The van der Waals surface area contributed by atoms with Gasteiger partial charge in [-0.25, -0.2) is 4.79 Å². The standard InChI is InChI=1S/C12H12N2O3/c15-7-9(14-12(16)17)5-8-6-13-11-4-2-1-3-10(8)11/h1-4,6-7,9,13-14H,5H2,(H,16,17)/t9-/m0/s1. The maximum absolute atomic E-state index is 10.8. The SMILES string of the molecule is O=C[C@H](Cc1c[nH]c2ccccc12)NC(=O)O. The summed E-state index contributed by atoms with van der Waals surface area (Å²) in [6.45, 7) is 0. The van der Waals surface area contributed by atoms with Crippen LogP contribution >= 0.6 is 0 Å². The molecule has 17 heavy (non-hydrogen) atoms. The number of aldehydes is 1. The van der Waals surface area contributed by atoms with Gasteiger partial charge >= 0.3 is 6.09 Å². The second kappa shape index (κ2) is 4.69. The van der Waals surface area contributed by atoms with E-state index in [0.717, 1.165) is 16.5 Å². The zero-order valence-corrected chi connectivity index (χ0v) is 9.01. The van der Waals surface area contributed by atoms with E-state index in [-0.39, 0.29) is 0 Å². The van der Waals surface area contributed by atoms with Crippen LogP contribution in [0.4, 0.5) is 4.79 Å². The van der Waals surface area contributed by atoms with Gasteiger partial charge in [0.05, 0.1) is 6.04 Å². The number of hydrogen-bond acceptors (Lipinski definition) is 2. The van der Waals surface area contributed by atoms with Crippen LogP contribution in [0.1, 0.15) is 5.56 Å². The zero-order valence-electron chi connectivity index (χ0n) is 9.01. The predicted molar refractivity (Wildman–Crippen MR) is 63.0 cm³/mol. The second-order valence-electron chi connectivity index (χ2n) is 3.76. The Morgan fingerprint density at radius 2 is 2.24 bits per heavy atom. The Labute approximate surface area is 97.4 Å². The lowest BCUT2D eigenvalue weighted by Crippen LogP contribution is -2.36. The van der Waals surface area contributed by atoms with E-state index >= 15 is 0 Å². The molecule has 3 N–H and O–H groups in total. The molecule has 1 heterocycles. The van der Waals surface area contributed by atoms with Gasteiger partial charge in [0.15, 0.2) is 0 Å². The fourth-order valence-corrected chi connectivity index (χ4v) is 1.83. The molecular weight excluding hydrogens is 220 g/mol. The highest BCUT2D eigenvalue weighted by Gasteiger charge is 2.13. The molecule has 1 aromatic heterocycles. The molecule has 0 saturated heterocycles. The number of fused-ring (bicyclic) bond motifs is 1. The molecule has 5 nitrogen and oxygen atoms in total. The van der Waals surface area contributed by atoms with Crippen LogP contribution < -0.4 is 5.32 Å². The highest BCUT2D eigenvalue weighted by Crippen LogP contribution is 2.18. The van der Waals surface area contributed by atoms with Crippen molar-refractivity contribution in [2.24, 2.45) is 0 Å². The largest absolute Gasteiger partial charge is 0.465 e. The van der Waals surface area contributed by atoms with Crippen molar-refractivity contribution in [2.75, 3.05) is 0 Å². The number of aromatic nitrogens is 1. The van der Waals surface area contributed by atoms with Crippen molar-refractivity contribution in [2.45, 2.75) is 12.5 Å². The van der Waals surface area contributed by atoms with Crippen LogP contribution in [0.15, 0.2) is 30.5 Å². The number of benzene rings is 1. The Morgan fingerprint density at radius 3 is 2.94 bits per heavy atom. The van der Waals surface area contributed by atoms with E-state index in [1.54, 1.807) is 6.20 Å². The summed E-state index contributed by atoms with van der Waals surface area (Å²) in [5.74, 6) is 0. The summed E-state index contributed by atoms with van der Waals surface area (Å²) >= 11 is 0. The molecule has 0 unspecified atom stereocenters. The Kier molecular flexibility index (Phi) is 3.09. The number of carbonyl (C=O) groups excluding carboxylic acids is 1. The van der Waals surface area contributed by atoms with E-state index in [2.05, 4.69) is 10.3 Å². The van der Waals surface area contributed by atoms with Gasteiger partial charge in [0.25, 0.3) is 0 Å². The first-order chi connectivity index (χ1) is 8.20. The molecule has 0 spiro atoms. The third-order valence-corrected chi connectivity index (χ3v) is 2.59. The van der Waals surface area contributed by atoms with Crippen molar-refractivity contribution in [1.82, 2.24) is 10.3 Å². The fraction of sp³-hybridized carbons (Fsp3) is 0.167. The van der Waals surface area contributed by atoms with E-state index in [4.69, 9.17) is 5.11 Å². The Hall–Kier alpha value is -2.30. The summed E-state index contributed by atoms with van der Waals surface area (Å²) in [5, 5.41) is 11.8. The van der Waals surface area contributed by atoms with E-state index in [1.165, 1.54) is 0 Å². The first-order valence-corrected chi connectivity index (χ1v) is 5.20. The van der Waals surface area contributed by atoms with Gasteiger partial charge in [0.2, 0.25) is 0 Å². The Balaban J connectivity index is 2.22. The molecule has 2 rings (SSSR count). The zero-order chi connectivity index (χ0) is 12.3. The molecule has 2 aromatic rings. The van der Waals surface area contributed by atoms with Crippen molar-refractivity contribution in [3.05, 3.63) is 36.0 Å². The highest BCUT2D eigenvalue weighted by molar-refractivity contribution is 5.83. The molecule has 0 saturated carbocycles. The number of nitrogens with one attached hydrogen (secondary N) is 2. The molecule has 5 heteroatoms. The van der Waals surface area contributed by atoms with Crippen molar-refractivity contribution in [3.63, 3.8) is 0 Å². The van der Waals surface area contributed by atoms with E-state index < -0.39 is 12.1 Å². The first-order valence-electron chi connectivity index (χ1n) is 5.20. The topological polar surface area (TPSA) is 82.2 Å². The summed E-state index contributed by atoms with van der Waals surface area (Å²) in [7, 11) is 0. The third kappa shape index (κ3) is 2.44. The number of carboxylic acid groups (broad SMARTS) is 1. The molecule has 88 valence electrons. The Bertz CT molecular complexity index is 547.